The molecule has 0 unspecified atom stereocenters. The number of aliphatic hydroxyl groups excluding tert-OH is 1. The molecule has 0 radical (unpaired) electrons. The topological polar surface area (TPSA) is 112 Å². The van der Waals surface area contributed by atoms with Crippen LogP contribution in [0.1, 0.15) is 95.3 Å². The van der Waals surface area contributed by atoms with Gasteiger partial charge in [0.2, 0.25) is 11.8 Å². The predicted octanol–water partition coefficient (Wildman–Crippen LogP) is 4.80. The third-order valence-corrected chi connectivity index (χ3v) is 9.17. The van der Waals surface area contributed by atoms with E-state index in [0.29, 0.717) is 43.1 Å². The maximum absolute atomic E-state index is 14.3. The van der Waals surface area contributed by atoms with Crippen molar-refractivity contribution in [3.05, 3.63) is 23.8 Å². The summed E-state index contributed by atoms with van der Waals surface area (Å²) >= 11 is 0. The van der Waals surface area contributed by atoms with Gasteiger partial charge in [-0.25, -0.2) is 0 Å². The van der Waals surface area contributed by atoms with Crippen molar-refractivity contribution in [3.63, 3.8) is 0 Å². The lowest BCUT2D eigenvalue weighted by Gasteiger charge is -2.36. The first-order chi connectivity index (χ1) is 21.5. The number of fused-ring (bicyclic) bond motifs is 1. The van der Waals surface area contributed by atoms with Crippen molar-refractivity contribution >= 4 is 23.4 Å². The molecule has 254 valence electrons. The highest BCUT2D eigenvalue weighted by Crippen LogP contribution is 2.30. The van der Waals surface area contributed by atoms with Gasteiger partial charge in [-0.15, -0.1) is 0 Å². The van der Waals surface area contributed by atoms with Gasteiger partial charge in [-0.05, 0) is 91.2 Å². The first-order valence-corrected chi connectivity index (χ1v) is 17.0. The number of anilines is 1. The van der Waals surface area contributed by atoms with Crippen LogP contribution in [0, 0.1) is 11.8 Å². The van der Waals surface area contributed by atoms with Crippen LogP contribution in [-0.2, 0) is 14.3 Å². The molecule has 0 aromatic heterocycles. The lowest BCUT2D eigenvalue weighted by atomic mass is 9.88. The van der Waals surface area contributed by atoms with Crippen LogP contribution in [0.4, 0.5) is 5.69 Å². The predicted molar refractivity (Wildman–Crippen MR) is 178 cm³/mol. The van der Waals surface area contributed by atoms with Gasteiger partial charge in [-0.3, -0.25) is 14.4 Å². The molecule has 10 heteroatoms. The fourth-order valence-electron chi connectivity index (χ4n) is 6.18. The molecule has 0 bridgehead atoms. The summed E-state index contributed by atoms with van der Waals surface area (Å²) in [5, 5.41) is 13.3. The van der Waals surface area contributed by atoms with Crippen LogP contribution >= 0.6 is 0 Å². The van der Waals surface area contributed by atoms with E-state index in [2.05, 4.69) is 10.2 Å². The van der Waals surface area contributed by atoms with E-state index in [1.807, 2.05) is 41.9 Å². The number of nitrogens with zero attached hydrogens (tertiary/aromatic N) is 3. The van der Waals surface area contributed by atoms with Gasteiger partial charge in [0, 0.05) is 50.7 Å². The molecule has 0 saturated heterocycles. The van der Waals surface area contributed by atoms with Gasteiger partial charge in [-0.1, -0.05) is 26.2 Å². The second-order valence-electron chi connectivity index (χ2n) is 13.5. The summed E-state index contributed by atoms with van der Waals surface area (Å²) in [7, 11) is 5.81. The van der Waals surface area contributed by atoms with Crippen molar-refractivity contribution in [2.24, 2.45) is 11.8 Å². The van der Waals surface area contributed by atoms with Gasteiger partial charge < -0.3 is 34.6 Å². The third kappa shape index (κ3) is 11.6. The van der Waals surface area contributed by atoms with Gasteiger partial charge in [0.15, 0.2) is 0 Å². The number of rotatable bonds is 10. The number of hydrogen-bond donors (Lipinski definition) is 2. The molecule has 0 spiro atoms. The molecule has 1 aliphatic carbocycles. The number of carbonyl (C=O) groups is 3. The fraction of sp³-hybridized carbons (Fsp3) is 0.743. The van der Waals surface area contributed by atoms with Crippen LogP contribution in [-0.4, -0.2) is 110 Å². The van der Waals surface area contributed by atoms with E-state index in [-0.39, 0.29) is 48.4 Å². The lowest BCUT2D eigenvalue weighted by molar-refractivity contribution is -0.132. The van der Waals surface area contributed by atoms with Crippen molar-refractivity contribution in [2.75, 3.05) is 59.3 Å². The SMILES string of the molecule is C[C@H](CO)N1C[C@H](C)[C@H](CN(C)C(=O)CCCN(C)C)OCCCC[C@H](C)Oc2ccc(NC(=O)C3CCCCC3)cc2C1=O. The molecule has 1 aromatic rings. The maximum atomic E-state index is 14.3. The number of likely N-dealkylation sites (N-methyl/N-ethyl adjacent to an activating group) is 1. The molecule has 4 atom stereocenters. The number of carbonyl (C=O) groups excluding carboxylic acids is 3. The van der Waals surface area contributed by atoms with E-state index in [9.17, 15) is 19.5 Å². The van der Waals surface area contributed by atoms with Crippen molar-refractivity contribution in [3.8, 4) is 5.75 Å². The molecule has 3 rings (SSSR count). The Hall–Kier alpha value is -2.69. The van der Waals surface area contributed by atoms with E-state index < -0.39 is 6.04 Å². The van der Waals surface area contributed by atoms with Crippen LogP contribution in [0.25, 0.3) is 0 Å². The van der Waals surface area contributed by atoms with Gasteiger partial charge in [0.25, 0.3) is 5.91 Å². The van der Waals surface area contributed by atoms with Gasteiger partial charge >= 0.3 is 0 Å². The molecule has 1 saturated carbocycles. The summed E-state index contributed by atoms with van der Waals surface area (Å²) in [5.41, 5.74) is 0.925. The average molecular weight is 631 g/mol. The first-order valence-electron chi connectivity index (χ1n) is 17.0. The van der Waals surface area contributed by atoms with Gasteiger partial charge in [0.1, 0.15) is 5.75 Å². The van der Waals surface area contributed by atoms with Crippen molar-refractivity contribution < 1.29 is 29.0 Å². The molecule has 1 fully saturated rings. The van der Waals surface area contributed by atoms with Crippen LogP contribution in [0.2, 0.25) is 0 Å². The highest BCUT2D eigenvalue weighted by molar-refractivity contribution is 6.00. The van der Waals surface area contributed by atoms with Gasteiger partial charge in [-0.2, -0.15) is 0 Å². The second-order valence-corrected chi connectivity index (χ2v) is 13.5. The quantitative estimate of drug-likeness (QED) is 0.382. The fourth-order valence-corrected chi connectivity index (χ4v) is 6.18. The number of ether oxygens (including phenoxy) is 2. The highest BCUT2D eigenvalue weighted by Gasteiger charge is 2.31. The molecule has 1 aliphatic heterocycles. The summed E-state index contributed by atoms with van der Waals surface area (Å²) in [6.07, 6.45) is 8.43. The molecule has 3 amide bonds. The number of nitrogens with one attached hydrogen (secondary N) is 1. The van der Waals surface area contributed by atoms with E-state index in [0.717, 1.165) is 57.9 Å². The zero-order valence-electron chi connectivity index (χ0n) is 28.6. The van der Waals surface area contributed by atoms with E-state index >= 15 is 0 Å². The van der Waals surface area contributed by atoms with E-state index in [1.54, 1.807) is 28.0 Å². The van der Waals surface area contributed by atoms with Crippen molar-refractivity contribution in [1.29, 1.82) is 0 Å². The molecular weight excluding hydrogens is 572 g/mol. The maximum Gasteiger partial charge on any atom is 0.258 e. The van der Waals surface area contributed by atoms with Crippen molar-refractivity contribution in [2.45, 2.75) is 103 Å². The van der Waals surface area contributed by atoms with E-state index in [1.165, 1.54) is 6.42 Å². The summed E-state index contributed by atoms with van der Waals surface area (Å²) in [6.45, 7) is 7.78. The smallest absolute Gasteiger partial charge is 0.258 e. The van der Waals surface area contributed by atoms with Crippen LogP contribution < -0.4 is 10.1 Å². The summed E-state index contributed by atoms with van der Waals surface area (Å²) in [6, 6.07) is 4.83. The van der Waals surface area contributed by atoms with Crippen molar-refractivity contribution in [1.82, 2.24) is 14.7 Å². The Morgan fingerprint density at radius 2 is 1.78 bits per heavy atom. The Morgan fingerprint density at radius 3 is 2.47 bits per heavy atom. The number of benzene rings is 1. The standard InChI is InChI=1S/C35H58N4O6/c1-25-22-39(26(2)24-40)35(43)30-21-29(36-34(42)28-14-8-7-9-15-28)17-18-31(30)45-27(3)13-10-11-20-44-32(25)23-38(6)33(41)16-12-19-37(4)5/h17-18,21,25-28,32,40H,7-16,19-20,22-24H2,1-6H3,(H,36,42)/t25-,26+,27-,32-/m0/s1. The Balaban J connectivity index is 1.87. The molecule has 45 heavy (non-hydrogen) atoms. The second kappa shape index (κ2) is 18.5. The average Bonchev–Trinajstić information content (AvgIpc) is 3.02. The highest BCUT2D eigenvalue weighted by atomic mass is 16.5. The molecule has 1 heterocycles. The first kappa shape index (κ1) is 36.8. The Morgan fingerprint density at radius 1 is 1.07 bits per heavy atom. The molecule has 1 aromatic carbocycles. The largest absolute Gasteiger partial charge is 0.490 e. The zero-order valence-corrected chi connectivity index (χ0v) is 28.6. The normalized spacial score (nSPS) is 23.1. The van der Waals surface area contributed by atoms with Crippen LogP contribution in [0.5, 0.6) is 5.75 Å². The summed E-state index contributed by atoms with van der Waals surface area (Å²) in [5.74, 6) is 0.127. The van der Waals surface area contributed by atoms with E-state index in [4.69, 9.17) is 9.47 Å². The number of hydrogen-bond acceptors (Lipinski definition) is 7. The number of amides is 3. The minimum Gasteiger partial charge on any atom is -0.490 e. The minimum absolute atomic E-state index is 0.00754. The Kier molecular flexibility index (Phi) is 15.1. The summed E-state index contributed by atoms with van der Waals surface area (Å²) < 4.78 is 12.7. The van der Waals surface area contributed by atoms with Gasteiger partial charge in [0.05, 0.1) is 30.4 Å². The van der Waals surface area contributed by atoms with Crippen LogP contribution in [0.3, 0.4) is 0 Å². The monoisotopic (exact) mass is 630 g/mol. The molecular formula is C35H58N4O6. The third-order valence-electron chi connectivity index (χ3n) is 9.17. The molecule has 10 nitrogen and oxygen atoms in total. The van der Waals surface area contributed by atoms with Crippen LogP contribution in [0.15, 0.2) is 18.2 Å². The summed E-state index contributed by atoms with van der Waals surface area (Å²) in [4.78, 5) is 45.8. The number of aliphatic hydroxyl groups is 1. The minimum atomic E-state index is -0.468. The Bertz CT molecular complexity index is 1090. The lowest BCUT2D eigenvalue weighted by Crippen LogP contribution is -2.48. The Labute approximate surface area is 270 Å². The molecule has 2 N–H and O–H groups in total. The zero-order chi connectivity index (χ0) is 32.9. The molecule has 2 aliphatic rings.